The predicted octanol–water partition coefficient (Wildman–Crippen LogP) is 2.93. The first-order valence-electron chi connectivity index (χ1n) is 8.16. The molecular formula is C18H19FN2O4S. The zero-order valence-electron chi connectivity index (χ0n) is 14.5. The molecule has 0 aliphatic carbocycles. The standard InChI is InChI=1S/C18H19FN2O4S/c1-3-25-17-8-6-14(11-15(17)19)26(23,24)20-13-5-7-16-12(10-13)4-9-18(22)21(16)2/h5-8,10-11,20H,3-4,9H2,1-2H3. The van der Waals surface area contributed by atoms with E-state index in [1.165, 1.54) is 12.1 Å². The van der Waals surface area contributed by atoms with Crippen molar-refractivity contribution in [1.82, 2.24) is 0 Å². The summed E-state index contributed by atoms with van der Waals surface area (Å²) < 4.78 is 46.5. The van der Waals surface area contributed by atoms with Gasteiger partial charge in [0.15, 0.2) is 11.6 Å². The van der Waals surface area contributed by atoms with E-state index < -0.39 is 15.8 Å². The van der Waals surface area contributed by atoms with Gasteiger partial charge in [0.1, 0.15) is 0 Å². The van der Waals surface area contributed by atoms with Crippen LogP contribution in [-0.2, 0) is 21.2 Å². The Balaban J connectivity index is 1.86. The molecule has 0 radical (unpaired) electrons. The van der Waals surface area contributed by atoms with Crippen LogP contribution >= 0.6 is 0 Å². The average Bonchev–Trinajstić information content (AvgIpc) is 2.60. The number of sulfonamides is 1. The zero-order chi connectivity index (χ0) is 18.9. The van der Waals surface area contributed by atoms with Crippen molar-refractivity contribution in [2.45, 2.75) is 24.7 Å². The van der Waals surface area contributed by atoms with E-state index in [1.54, 1.807) is 37.1 Å². The van der Waals surface area contributed by atoms with Crippen LogP contribution in [0.4, 0.5) is 15.8 Å². The van der Waals surface area contributed by atoms with Gasteiger partial charge in [0.25, 0.3) is 10.0 Å². The van der Waals surface area contributed by atoms with E-state index in [1.807, 2.05) is 0 Å². The third kappa shape index (κ3) is 3.50. The van der Waals surface area contributed by atoms with Crippen molar-refractivity contribution in [3.8, 4) is 5.75 Å². The van der Waals surface area contributed by atoms with Crippen LogP contribution in [-0.4, -0.2) is 28.0 Å². The van der Waals surface area contributed by atoms with E-state index in [2.05, 4.69) is 4.72 Å². The molecular weight excluding hydrogens is 359 g/mol. The van der Waals surface area contributed by atoms with E-state index in [-0.39, 0.29) is 23.2 Å². The van der Waals surface area contributed by atoms with Crippen molar-refractivity contribution in [1.29, 1.82) is 0 Å². The minimum absolute atomic E-state index is 0.00735. The first-order valence-corrected chi connectivity index (χ1v) is 9.65. The molecule has 1 aliphatic rings. The topological polar surface area (TPSA) is 75.7 Å². The SMILES string of the molecule is CCOc1ccc(S(=O)(=O)Nc2ccc3c(c2)CCC(=O)N3C)cc1F. The van der Waals surface area contributed by atoms with Gasteiger partial charge in [0.2, 0.25) is 5.91 Å². The molecule has 0 saturated carbocycles. The number of carbonyl (C=O) groups is 1. The second-order valence-electron chi connectivity index (χ2n) is 5.93. The molecule has 0 fully saturated rings. The van der Waals surface area contributed by atoms with Crippen molar-refractivity contribution in [3.63, 3.8) is 0 Å². The van der Waals surface area contributed by atoms with Crippen LogP contribution in [0.15, 0.2) is 41.3 Å². The Morgan fingerprint density at radius 2 is 1.96 bits per heavy atom. The van der Waals surface area contributed by atoms with Gasteiger partial charge >= 0.3 is 0 Å². The summed E-state index contributed by atoms with van der Waals surface area (Å²) in [5, 5.41) is 0. The molecule has 2 aromatic rings. The van der Waals surface area contributed by atoms with Crippen molar-refractivity contribution in [2.24, 2.45) is 0 Å². The van der Waals surface area contributed by atoms with Gasteiger partial charge in [0, 0.05) is 24.8 Å². The monoisotopic (exact) mass is 378 g/mol. The molecule has 0 bridgehead atoms. The van der Waals surface area contributed by atoms with Gasteiger partial charge in [-0.1, -0.05) is 0 Å². The van der Waals surface area contributed by atoms with Crippen molar-refractivity contribution >= 4 is 27.3 Å². The van der Waals surface area contributed by atoms with Crippen molar-refractivity contribution in [2.75, 3.05) is 23.3 Å². The van der Waals surface area contributed by atoms with Crippen LogP contribution in [0.1, 0.15) is 18.9 Å². The maximum absolute atomic E-state index is 14.0. The van der Waals surface area contributed by atoms with E-state index in [0.717, 1.165) is 17.3 Å². The van der Waals surface area contributed by atoms with Crippen LogP contribution in [0.3, 0.4) is 0 Å². The summed E-state index contributed by atoms with van der Waals surface area (Å²) in [4.78, 5) is 13.1. The molecule has 8 heteroatoms. The van der Waals surface area contributed by atoms with Gasteiger partial charge < -0.3 is 9.64 Å². The second kappa shape index (κ2) is 6.95. The fourth-order valence-corrected chi connectivity index (χ4v) is 3.92. The quantitative estimate of drug-likeness (QED) is 0.868. The van der Waals surface area contributed by atoms with Crippen LogP contribution in [0, 0.1) is 5.82 Å². The largest absolute Gasteiger partial charge is 0.491 e. The number of hydrogen-bond acceptors (Lipinski definition) is 4. The number of nitrogens with one attached hydrogen (secondary N) is 1. The van der Waals surface area contributed by atoms with Gasteiger partial charge in [-0.3, -0.25) is 9.52 Å². The molecule has 3 rings (SSSR count). The second-order valence-corrected chi connectivity index (χ2v) is 7.61. The zero-order valence-corrected chi connectivity index (χ0v) is 15.3. The lowest BCUT2D eigenvalue weighted by atomic mass is 10.0. The summed E-state index contributed by atoms with van der Waals surface area (Å²) in [7, 11) is -2.26. The van der Waals surface area contributed by atoms with Gasteiger partial charge in [0.05, 0.1) is 11.5 Å². The third-order valence-electron chi connectivity index (χ3n) is 4.19. The molecule has 6 nitrogen and oxygen atoms in total. The number of fused-ring (bicyclic) bond motifs is 1. The van der Waals surface area contributed by atoms with Crippen LogP contribution in [0.5, 0.6) is 5.75 Å². The molecule has 0 saturated heterocycles. The van der Waals surface area contributed by atoms with E-state index in [4.69, 9.17) is 4.74 Å². The van der Waals surface area contributed by atoms with E-state index in [9.17, 15) is 17.6 Å². The fourth-order valence-electron chi connectivity index (χ4n) is 2.86. The highest BCUT2D eigenvalue weighted by Gasteiger charge is 2.22. The molecule has 138 valence electrons. The molecule has 26 heavy (non-hydrogen) atoms. The van der Waals surface area contributed by atoms with Gasteiger partial charge in [-0.05, 0) is 55.3 Å². The number of anilines is 2. The number of benzene rings is 2. The number of hydrogen-bond donors (Lipinski definition) is 1. The third-order valence-corrected chi connectivity index (χ3v) is 5.57. The highest BCUT2D eigenvalue weighted by molar-refractivity contribution is 7.92. The normalized spacial score (nSPS) is 14.1. The van der Waals surface area contributed by atoms with E-state index in [0.29, 0.717) is 18.5 Å². The van der Waals surface area contributed by atoms with Crippen molar-refractivity contribution < 1.29 is 22.3 Å². The Bertz CT molecular complexity index is 960. The summed E-state index contributed by atoms with van der Waals surface area (Å²) >= 11 is 0. The first-order chi connectivity index (χ1) is 12.3. The maximum Gasteiger partial charge on any atom is 0.262 e. The Hall–Kier alpha value is -2.61. The first kappa shape index (κ1) is 18.2. The summed E-state index contributed by atoms with van der Waals surface area (Å²) in [6.45, 7) is 2.00. The Morgan fingerprint density at radius 1 is 1.19 bits per heavy atom. The molecule has 2 aromatic carbocycles. The molecule has 0 unspecified atom stereocenters. The lowest BCUT2D eigenvalue weighted by Crippen LogP contribution is -2.31. The van der Waals surface area contributed by atoms with Gasteiger partial charge in [-0.25, -0.2) is 12.8 Å². The smallest absolute Gasteiger partial charge is 0.262 e. The summed E-state index contributed by atoms with van der Waals surface area (Å²) in [6.07, 6.45) is 0.926. The maximum atomic E-state index is 14.0. The van der Waals surface area contributed by atoms with Crippen molar-refractivity contribution in [3.05, 3.63) is 47.8 Å². The highest BCUT2D eigenvalue weighted by atomic mass is 32.2. The molecule has 1 N–H and O–H groups in total. The summed E-state index contributed by atoms with van der Waals surface area (Å²) in [5.41, 5.74) is 2.00. The molecule has 1 heterocycles. The Kier molecular flexibility index (Phi) is 4.86. The number of amides is 1. The minimum atomic E-state index is -3.94. The predicted molar refractivity (Wildman–Crippen MR) is 96.6 cm³/mol. The number of carbonyl (C=O) groups excluding carboxylic acids is 1. The molecule has 0 aromatic heterocycles. The Morgan fingerprint density at radius 3 is 2.65 bits per heavy atom. The van der Waals surface area contributed by atoms with Crippen LogP contribution < -0.4 is 14.4 Å². The van der Waals surface area contributed by atoms with Gasteiger partial charge in [-0.2, -0.15) is 0 Å². The minimum Gasteiger partial charge on any atom is -0.491 e. The number of nitrogens with zero attached hydrogens (tertiary/aromatic N) is 1. The average molecular weight is 378 g/mol. The van der Waals surface area contributed by atoms with Crippen LogP contribution in [0.25, 0.3) is 0 Å². The Labute approximate surface area is 151 Å². The van der Waals surface area contributed by atoms with Crippen LogP contribution in [0.2, 0.25) is 0 Å². The lowest BCUT2D eigenvalue weighted by molar-refractivity contribution is -0.118. The number of aryl methyl sites for hydroxylation is 1. The molecule has 1 amide bonds. The molecule has 1 aliphatic heterocycles. The van der Waals surface area contributed by atoms with E-state index >= 15 is 0 Å². The highest BCUT2D eigenvalue weighted by Crippen LogP contribution is 2.30. The number of ether oxygens (including phenoxy) is 1. The fraction of sp³-hybridized carbons (Fsp3) is 0.278. The van der Waals surface area contributed by atoms with Gasteiger partial charge in [-0.15, -0.1) is 0 Å². The molecule has 0 atom stereocenters. The summed E-state index contributed by atoms with van der Waals surface area (Å²) in [5.74, 6) is -0.705. The number of rotatable bonds is 5. The lowest BCUT2D eigenvalue weighted by Gasteiger charge is -2.26. The summed E-state index contributed by atoms with van der Waals surface area (Å²) in [6, 6.07) is 8.49. The molecule has 0 spiro atoms. The number of halogens is 1.